The van der Waals surface area contributed by atoms with Crippen LogP contribution in [0.3, 0.4) is 0 Å². The van der Waals surface area contributed by atoms with Crippen LogP contribution < -0.4 is 10.5 Å². The first-order valence-electron chi connectivity index (χ1n) is 5.15. The Morgan fingerprint density at radius 2 is 2.24 bits per heavy atom. The molecule has 0 aliphatic carbocycles. The fourth-order valence-electron chi connectivity index (χ4n) is 1.45. The average Bonchev–Trinajstić information content (AvgIpc) is 2.67. The lowest BCUT2D eigenvalue weighted by atomic mass is 10.1. The fraction of sp³-hybridized carbons (Fsp3) is 0.273. The summed E-state index contributed by atoms with van der Waals surface area (Å²) < 4.78 is 20.5. The van der Waals surface area contributed by atoms with Gasteiger partial charge in [-0.25, -0.2) is 4.39 Å². The fourth-order valence-corrected chi connectivity index (χ4v) is 1.45. The van der Waals surface area contributed by atoms with Crippen molar-refractivity contribution in [2.45, 2.75) is 13.0 Å². The molecule has 1 aromatic heterocycles. The van der Waals surface area contributed by atoms with E-state index in [1.807, 2.05) is 0 Å². The van der Waals surface area contributed by atoms with Crippen molar-refractivity contribution in [3.63, 3.8) is 0 Å². The molecule has 0 saturated heterocycles. The number of aromatic nitrogens is 3. The minimum absolute atomic E-state index is 0.0775. The molecule has 5 nitrogen and oxygen atoms in total. The molecule has 1 unspecified atom stereocenters. The molecule has 0 bridgehead atoms. The topological polar surface area (TPSA) is 66.0 Å². The molecule has 0 aliphatic rings. The molecule has 0 aliphatic heterocycles. The smallest absolute Gasteiger partial charge is 0.341 e. The highest BCUT2D eigenvalue weighted by molar-refractivity contribution is 5.38. The Hall–Kier alpha value is -1.95. The second-order valence-corrected chi connectivity index (χ2v) is 3.75. The van der Waals surface area contributed by atoms with Gasteiger partial charge in [0.25, 0.3) is 0 Å². The Bertz CT molecular complexity index is 524. The average molecular weight is 236 g/mol. The van der Waals surface area contributed by atoms with E-state index in [9.17, 15) is 4.39 Å². The second kappa shape index (κ2) is 4.50. The third-order valence-electron chi connectivity index (χ3n) is 2.26. The highest BCUT2D eigenvalue weighted by Crippen LogP contribution is 2.29. The largest absolute Gasteiger partial charge is 0.420 e. The highest BCUT2D eigenvalue weighted by atomic mass is 19.1. The van der Waals surface area contributed by atoms with Crippen molar-refractivity contribution < 1.29 is 9.13 Å². The molecule has 1 aromatic carbocycles. The van der Waals surface area contributed by atoms with Crippen molar-refractivity contribution in [1.29, 1.82) is 0 Å². The molecule has 1 atom stereocenters. The van der Waals surface area contributed by atoms with Crippen LogP contribution in [-0.4, -0.2) is 14.8 Å². The van der Waals surface area contributed by atoms with E-state index in [0.717, 1.165) is 0 Å². The third-order valence-corrected chi connectivity index (χ3v) is 2.26. The molecule has 2 aromatic rings. The van der Waals surface area contributed by atoms with Crippen molar-refractivity contribution in [3.8, 4) is 11.8 Å². The molecule has 0 spiro atoms. The maximum atomic E-state index is 13.7. The summed E-state index contributed by atoms with van der Waals surface area (Å²) in [7, 11) is 1.70. The minimum Gasteiger partial charge on any atom is -0.420 e. The maximum absolute atomic E-state index is 13.7. The summed E-state index contributed by atoms with van der Waals surface area (Å²) in [6, 6.07) is 4.38. The molecule has 6 heteroatoms. The molecule has 0 fully saturated rings. The van der Waals surface area contributed by atoms with E-state index in [2.05, 4.69) is 10.1 Å². The zero-order valence-electron chi connectivity index (χ0n) is 9.59. The number of halogens is 1. The summed E-state index contributed by atoms with van der Waals surface area (Å²) in [5, 5.41) is 3.92. The zero-order chi connectivity index (χ0) is 12.4. The second-order valence-electron chi connectivity index (χ2n) is 3.75. The van der Waals surface area contributed by atoms with Gasteiger partial charge in [0, 0.05) is 18.7 Å². The van der Waals surface area contributed by atoms with Gasteiger partial charge in [0.1, 0.15) is 6.33 Å². The van der Waals surface area contributed by atoms with Crippen LogP contribution in [0.25, 0.3) is 0 Å². The van der Waals surface area contributed by atoms with E-state index in [-0.39, 0.29) is 17.8 Å². The lowest BCUT2D eigenvalue weighted by Crippen LogP contribution is -2.08. The third kappa shape index (κ3) is 2.42. The first-order chi connectivity index (χ1) is 8.08. The summed E-state index contributed by atoms with van der Waals surface area (Å²) in [6.07, 6.45) is 1.47. The number of hydrogen-bond acceptors (Lipinski definition) is 4. The molecule has 2 N–H and O–H groups in total. The van der Waals surface area contributed by atoms with E-state index in [0.29, 0.717) is 5.56 Å². The number of benzene rings is 1. The van der Waals surface area contributed by atoms with E-state index in [4.69, 9.17) is 10.5 Å². The van der Waals surface area contributed by atoms with Crippen molar-refractivity contribution in [3.05, 3.63) is 35.9 Å². The highest BCUT2D eigenvalue weighted by Gasteiger charge is 2.15. The first kappa shape index (κ1) is 11.5. The minimum atomic E-state index is -0.479. The summed E-state index contributed by atoms with van der Waals surface area (Å²) in [6.45, 7) is 1.76. The van der Waals surface area contributed by atoms with E-state index in [1.165, 1.54) is 17.1 Å². The van der Waals surface area contributed by atoms with Gasteiger partial charge in [0.05, 0.1) is 0 Å². The summed E-state index contributed by atoms with van der Waals surface area (Å²) in [5.74, 6) is -0.402. The lowest BCUT2D eigenvalue weighted by molar-refractivity contribution is 0.401. The van der Waals surface area contributed by atoms with Crippen molar-refractivity contribution in [1.82, 2.24) is 14.8 Å². The molecule has 0 radical (unpaired) electrons. The van der Waals surface area contributed by atoms with Crippen LogP contribution in [0, 0.1) is 5.82 Å². The predicted molar refractivity (Wildman–Crippen MR) is 60.1 cm³/mol. The molecule has 1 heterocycles. The van der Waals surface area contributed by atoms with Crippen LogP contribution in [0.1, 0.15) is 18.5 Å². The summed E-state index contributed by atoms with van der Waals surface area (Å²) in [4.78, 5) is 3.87. The van der Waals surface area contributed by atoms with Gasteiger partial charge in [-0.2, -0.15) is 4.98 Å². The van der Waals surface area contributed by atoms with Crippen molar-refractivity contribution in [2.75, 3.05) is 0 Å². The molecular weight excluding hydrogens is 223 g/mol. The van der Waals surface area contributed by atoms with E-state index >= 15 is 0 Å². The SMILES string of the molecule is CC(N)c1cccc(F)c1Oc1ncn(C)n1. The van der Waals surface area contributed by atoms with Gasteiger partial charge >= 0.3 is 6.01 Å². The van der Waals surface area contributed by atoms with Crippen LogP contribution in [0.2, 0.25) is 0 Å². The zero-order valence-corrected chi connectivity index (χ0v) is 9.59. The van der Waals surface area contributed by atoms with Crippen molar-refractivity contribution in [2.24, 2.45) is 12.8 Å². The molecule has 0 saturated carbocycles. The van der Waals surface area contributed by atoms with Crippen LogP contribution in [-0.2, 0) is 7.05 Å². The number of rotatable bonds is 3. The summed E-state index contributed by atoms with van der Waals surface area (Å²) >= 11 is 0. The molecule has 90 valence electrons. The van der Waals surface area contributed by atoms with Crippen LogP contribution in [0.5, 0.6) is 11.8 Å². The van der Waals surface area contributed by atoms with E-state index < -0.39 is 5.82 Å². The van der Waals surface area contributed by atoms with Crippen LogP contribution >= 0.6 is 0 Å². The Morgan fingerprint density at radius 1 is 1.47 bits per heavy atom. The van der Waals surface area contributed by atoms with Crippen molar-refractivity contribution >= 4 is 0 Å². The molecule has 0 amide bonds. The summed E-state index contributed by atoms with van der Waals surface area (Å²) in [5.41, 5.74) is 6.33. The Morgan fingerprint density at radius 3 is 2.82 bits per heavy atom. The predicted octanol–water partition coefficient (Wildman–Crippen LogP) is 1.77. The molecule has 2 rings (SSSR count). The van der Waals surface area contributed by atoms with Gasteiger partial charge in [0.2, 0.25) is 0 Å². The van der Waals surface area contributed by atoms with Gasteiger partial charge in [-0.1, -0.05) is 12.1 Å². The van der Waals surface area contributed by atoms with Gasteiger partial charge in [-0.05, 0) is 13.0 Å². The van der Waals surface area contributed by atoms with Gasteiger partial charge in [-0.15, -0.1) is 5.10 Å². The quantitative estimate of drug-likeness (QED) is 0.881. The maximum Gasteiger partial charge on any atom is 0.341 e. The van der Waals surface area contributed by atoms with Crippen LogP contribution in [0.4, 0.5) is 4.39 Å². The monoisotopic (exact) mass is 236 g/mol. The normalized spacial score (nSPS) is 12.5. The number of nitrogens with two attached hydrogens (primary N) is 1. The number of ether oxygens (including phenoxy) is 1. The molecular formula is C11H13FN4O. The Balaban J connectivity index is 2.37. The first-order valence-corrected chi connectivity index (χ1v) is 5.15. The van der Waals surface area contributed by atoms with Gasteiger partial charge in [0.15, 0.2) is 11.6 Å². The standard InChI is InChI=1S/C11H13FN4O/c1-7(13)8-4-3-5-9(12)10(8)17-11-14-6-16(2)15-11/h3-7H,13H2,1-2H3. The molecule has 17 heavy (non-hydrogen) atoms. The number of hydrogen-bond donors (Lipinski definition) is 1. The number of para-hydroxylation sites is 1. The Kier molecular flexibility index (Phi) is 3.06. The lowest BCUT2D eigenvalue weighted by Gasteiger charge is -2.12. The van der Waals surface area contributed by atoms with E-state index in [1.54, 1.807) is 26.1 Å². The Labute approximate surface area is 98.0 Å². The van der Waals surface area contributed by atoms with Gasteiger partial charge in [-0.3, -0.25) is 4.68 Å². The van der Waals surface area contributed by atoms with Crippen LogP contribution in [0.15, 0.2) is 24.5 Å². The number of nitrogens with zero attached hydrogens (tertiary/aromatic N) is 3. The number of aryl methyl sites for hydroxylation is 1. The van der Waals surface area contributed by atoms with Gasteiger partial charge < -0.3 is 10.5 Å².